The zero-order valence-corrected chi connectivity index (χ0v) is 8.88. The number of ketones is 1. The zero-order chi connectivity index (χ0) is 10.1. The molecule has 2 atom stereocenters. The predicted octanol–water partition coefficient (Wildman–Crippen LogP) is 1.65. The van der Waals surface area contributed by atoms with Crippen molar-refractivity contribution in [1.29, 1.82) is 0 Å². The molecular formula is C10H13NO2S. The van der Waals surface area contributed by atoms with Crippen LogP contribution in [0.4, 0.5) is 0 Å². The number of carbonyl (C=O) groups excluding carboxylic acids is 1. The van der Waals surface area contributed by atoms with Gasteiger partial charge in [-0.05, 0) is 19.8 Å². The third kappa shape index (κ3) is 1.86. The number of nitrogens with zero attached hydrogens (tertiary/aromatic N) is 1. The first-order valence-corrected chi connectivity index (χ1v) is 5.61. The van der Waals surface area contributed by atoms with E-state index in [0.717, 1.165) is 11.4 Å². The lowest BCUT2D eigenvalue weighted by Crippen LogP contribution is -2.28. The average molecular weight is 211 g/mol. The summed E-state index contributed by atoms with van der Waals surface area (Å²) in [5, 5.41) is 10.5. The Bertz CT molecular complexity index is 348. The third-order valence-electron chi connectivity index (χ3n) is 2.61. The van der Waals surface area contributed by atoms with Crippen molar-refractivity contribution in [1.82, 2.24) is 4.98 Å². The van der Waals surface area contributed by atoms with Crippen molar-refractivity contribution in [2.24, 2.45) is 0 Å². The fraction of sp³-hybridized carbons (Fsp3) is 0.600. The number of Topliss-reactive ketones (excluding diaryl/α,β-unsaturated/α-hetero) is 1. The maximum atomic E-state index is 11.1. The summed E-state index contributed by atoms with van der Waals surface area (Å²) in [7, 11) is 0. The van der Waals surface area contributed by atoms with Crippen LogP contribution in [-0.4, -0.2) is 22.0 Å². The molecule has 1 aliphatic carbocycles. The summed E-state index contributed by atoms with van der Waals surface area (Å²) >= 11 is 1.66. The molecule has 1 aromatic heterocycles. The Balaban J connectivity index is 2.10. The topological polar surface area (TPSA) is 50.2 Å². The maximum Gasteiger partial charge on any atom is 0.161 e. The summed E-state index contributed by atoms with van der Waals surface area (Å²) in [6, 6.07) is 0. The molecule has 2 unspecified atom stereocenters. The van der Waals surface area contributed by atoms with E-state index in [1.54, 1.807) is 11.3 Å². The van der Waals surface area contributed by atoms with Gasteiger partial charge >= 0.3 is 0 Å². The number of aryl methyl sites for hydroxylation is 1. The SMILES string of the molecule is Cc1cnc(C2CCC(=O)C(O)C2)s1. The van der Waals surface area contributed by atoms with Crippen LogP contribution in [-0.2, 0) is 4.79 Å². The summed E-state index contributed by atoms with van der Waals surface area (Å²) in [6.45, 7) is 2.02. The molecule has 0 aliphatic heterocycles. The number of rotatable bonds is 1. The van der Waals surface area contributed by atoms with Gasteiger partial charge in [-0.3, -0.25) is 4.79 Å². The lowest BCUT2D eigenvalue weighted by molar-refractivity contribution is -0.129. The van der Waals surface area contributed by atoms with Crippen molar-refractivity contribution in [2.75, 3.05) is 0 Å². The van der Waals surface area contributed by atoms with E-state index < -0.39 is 6.10 Å². The summed E-state index contributed by atoms with van der Waals surface area (Å²) in [4.78, 5) is 16.6. The number of aromatic nitrogens is 1. The quantitative estimate of drug-likeness (QED) is 0.768. The normalized spacial score (nSPS) is 28.0. The Morgan fingerprint density at radius 2 is 2.43 bits per heavy atom. The third-order valence-corrected chi connectivity index (χ3v) is 3.68. The summed E-state index contributed by atoms with van der Waals surface area (Å²) in [5.74, 6) is 0.260. The van der Waals surface area contributed by atoms with Crippen molar-refractivity contribution in [2.45, 2.75) is 38.2 Å². The largest absolute Gasteiger partial charge is 0.385 e. The standard InChI is InChI=1S/C10H13NO2S/c1-6-5-11-10(14-6)7-2-3-8(12)9(13)4-7/h5,7,9,13H,2-4H2,1H3. The van der Waals surface area contributed by atoms with Crippen LogP contribution in [0.3, 0.4) is 0 Å². The van der Waals surface area contributed by atoms with Crippen LogP contribution in [0.15, 0.2) is 6.20 Å². The lowest BCUT2D eigenvalue weighted by atomic mass is 9.87. The van der Waals surface area contributed by atoms with E-state index >= 15 is 0 Å². The molecule has 1 N–H and O–H groups in total. The van der Waals surface area contributed by atoms with E-state index in [2.05, 4.69) is 4.98 Å². The predicted molar refractivity (Wildman–Crippen MR) is 54.5 cm³/mol. The van der Waals surface area contributed by atoms with E-state index in [4.69, 9.17) is 0 Å². The lowest BCUT2D eigenvalue weighted by Gasteiger charge is -2.22. The van der Waals surface area contributed by atoms with Crippen LogP contribution in [0.2, 0.25) is 0 Å². The fourth-order valence-corrected chi connectivity index (χ4v) is 2.71. The molecule has 0 spiro atoms. The van der Waals surface area contributed by atoms with Crippen LogP contribution in [0.1, 0.15) is 35.1 Å². The highest BCUT2D eigenvalue weighted by Gasteiger charge is 2.29. The van der Waals surface area contributed by atoms with E-state index in [-0.39, 0.29) is 11.7 Å². The smallest absolute Gasteiger partial charge is 0.161 e. The molecule has 2 rings (SSSR count). The number of hydrogen-bond donors (Lipinski definition) is 1. The number of aliphatic hydroxyl groups excluding tert-OH is 1. The van der Waals surface area contributed by atoms with Gasteiger partial charge in [0.05, 0.1) is 5.01 Å². The van der Waals surface area contributed by atoms with Gasteiger partial charge in [-0.25, -0.2) is 4.98 Å². The second kappa shape index (κ2) is 3.79. The Morgan fingerprint density at radius 1 is 1.64 bits per heavy atom. The minimum atomic E-state index is -0.766. The van der Waals surface area contributed by atoms with Gasteiger partial charge in [0.15, 0.2) is 5.78 Å². The van der Waals surface area contributed by atoms with E-state index in [0.29, 0.717) is 12.8 Å². The van der Waals surface area contributed by atoms with Gasteiger partial charge in [-0.15, -0.1) is 11.3 Å². The summed E-state index contributed by atoms with van der Waals surface area (Å²) in [6.07, 6.45) is 2.96. The maximum absolute atomic E-state index is 11.1. The molecule has 14 heavy (non-hydrogen) atoms. The number of thiazole rings is 1. The van der Waals surface area contributed by atoms with Crippen molar-refractivity contribution < 1.29 is 9.90 Å². The molecule has 0 amide bonds. The molecule has 1 aliphatic rings. The molecule has 0 aromatic carbocycles. The summed E-state index contributed by atoms with van der Waals surface area (Å²) in [5.41, 5.74) is 0. The molecule has 3 nitrogen and oxygen atoms in total. The van der Waals surface area contributed by atoms with Gasteiger partial charge in [0.2, 0.25) is 0 Å². The van der Waals surface area contributed by atoms with Crippen LogP contribution in [0.25, 0.3) is 0 Å². The highest BCUT2D eigenvalue weighted by Crippen LogP contribution is 2.33. The number of carbonyl (C=O) groups is 1. The molecule has 0 radical (unpaired) electrons. The average Bonchev–Trinajstić information content (AvgIpc) is 2.57. The molecule has 1 saturated carbocycles. The Kier molecular flexibility index (Phi) is 2.65. The van der Waals surface area contributed by atoms with Gasteiger partial charge < -0.3 is 5.11 Å². The monoisotopic (exact) mass is 211 g/mol. The molecule has 0 saturated heterocycles. The molecule has 4 heteroatoms. The molecule has 0 bridgehead atoms. The van der Waals surface area contributed by atoms with Crippen molar-refractivity contribution in [3.63, 3.8) is 0 Å². The van der Waals surface area contributed by atoms with Crippen LogP contribution >= 0.6 is 11.3 Å². The fourth-order valence-electron chi connectivity index (χ4n) is 1.79. The van der Waals surface area contributed by atoms with Crippen LogP contribution in [0, 0.1) is 6.92 Å². The van der Waals surface area contributed by atoms with E-state index in [1.807, 2.05) is 13.1 Å². The van der Waals surface area contributed by atoms with Crippen LogP contribution in [0.5, 0.6) is 0 Å². The van der Waals surface area contributed by atoms with E-state index in [1.165, 1.54) is 4.88 Å². The Hall–Kier alpha value is -0.740. The second-order valence-corrected chi connectivity index (χ2v) is 5.03. The highest BCUT2D eigenvalue weighted by atomic mass is 32.1. The molecule has 1 aromatic rings. The van der Waals surface area contributed by atoms with E-state index in [9.17, 15) is 9.90 Å². The number of hydrogen-bond acceptors (Lipinski definition) is 4. The first-order valence-electron chi connectivity index (χ1n) is 4.80. The van der Waals surface area contributed by atoms with Crippen LogP contribution < -0.4 is 0 Å². The first kappa shape index (κ1) is 9.80. The Morgan fingerprint density at radius 3 is 3.00 bits per heavy atom. The minimum absolute atomic E-state index is 0.0190. The second-order valence-electron chi connectivity index (χ2n) is 3.76. The minimum Gasteiger partial charge on any atom is -0.385 e. The first-order chi connectivity index (χ1) is 6.66. The zero-order valence-electron chi connectivity index (χ0n) is 8.06. The van der Waals surface area contributed by atoms with Gasteiger partial charge in [0.25, 0.3) is 0 Å². The van der Waals surface area contributed by atoms with Crippen molar-refractivity contribution >= 4 is 17.1 Å². The van der Waals surface area contributed by atoms with Gasteiger partial charge in [0, 0.05) is 23.4 Å². The van der Waals surface area contributed by atoms with Gasteiger partial charge in [0.1, 0.15) is 6.10 Å². The van der Waals surface area contributed by atoms with Crippen molar-refractivity contribution in [3.8, 4) is 0 Å². The Labute approximate surface area is 86.8 Å². The highest BCUT2D eigenvalue weighted by molar-refractivity contribution is 7.11. The molecular weight excluding hydrogens is 198 g/mol. The molecule has 1 heterocycles. The van der Waals surface area contributed by atoms with Gasteiger partial charge in [-0.1, -0.05) is 0 Å². The van der Waals surface area contributed by atoms with Gasteiger partial charge in [-0.2, -0.15) is 0 Å². The molecule has 1 fully saturated rings. The molecule has 76 valence electrons. The summed E-state index contributed by atoms with van der Waals surface area (Å²) < 4.78 is 0. The number of aliphatic hydroxyl groups is 1. The van der Waals surface area contributed by atoms with Crippen molar-refractivity contribution in [3.05, 3.63) is 16.1 Å².